The molecular formula is C19H31NO4S. The molecule has 0 saturated carbocycles. The fourth-order valence-electron chi connectivity index (χ4n) is 2.86. The first-order valence-corrected chi connectivity index (χ1v) is 10.3. The maximum Gasteiger partial charge on any atom is 0.303 e. The van der Waals surface area contributed by atoms with E-state index in [9.17, 15) is 14.4 Å². The van der Waals surface area contributed by atoms with Gasteiger partial charge >= 0.3 is 5.97 Å². The number of carbonyl (C=O) groups is 3. The van der Waals surface area contributed by atoms with Gasteiger partial charge in [-0.2, -0.15) is 11.8 Å². The van der Waals surface area contributed by atoms with Crippen LogP contribution in [0.15, 0.2) is 12.2 Å². The summed E-state index contributed by atoms with van der Waals surface area (Å²) in [7, 11) is 0. The predicted octanol–water partition coefficient (Wildman–Crippen LogP) is 3.67. The second kappa shape index (κ2) is 12.1. The van der Waals surface area contributed by atoms with E-state index >= 15 is 0 Å². The highest BCUT2D eigenvalue weighted by molar-refractivity contribution is 7.99. The first-order valence-electron chi connectivity index (χ1n) is 9.28. The average Bonchev–Trinajstić information content (AvgIpc) is 2.91. The first kappa shape index (κ1) is 21.7. The minimum absolute atomic E-state index is 0.0255. The van der Waals surface area contributed by atoms with Crippen LogP contribution in [0.2, 0.25) is 0 Å². The molecule has 1 rings (SSSR count). The van der Waals surface area contributed by atoms with E-state index in [0.29, 0.717) is 25.8 Å². The summed E-state index contributed by atoms with van der Waals surface area (Å²) in [6, 6.07) is 0.0255. The van der Waals surface area contributed by atoms with Crippen LogP contribution < -0.4 is 0 Å². The maximum atomic E-state index is 12.1. The number of carboxylic acid groups (broad SMARTS) is 1. The van der Waals surface area contributed by atoms with E-state index in [1.165, 1.54) is 0 Å². The number of ketones is 1. The van der Waals surface area contributed by atoms with Crippen LogP contribution in [-0.4, -0.2) is 51.3 Å². The summed E-state index contributed by atoms with van der Waals surface area (Å²) in [6.45, 7) is 4.79. The molecule has 2 unspecified atom stereocenters. The summed E-state index contributed by atoms with van der Waals surface area (Å²) in [5.74, 6) is 0.314. The van der Waals surface area contributed by atoms with E-state index in [4.69, 9.17) is 5.11 Å². The standard InChI is InChI=1S/C19H31NO4S/c1-3-4-5-6-17(21)10-8-16-9-11-18(22)20(16)13-14-25-15(2)7-12-19(23)24/h8,10,15-16H,3-7,9,11-14H2,1-2H3,(H,23,24). The third kappa shape index (κ3) is 9.10. The Morgan fingerprint density at radius 3 is 2.80 bits per heavy atom. The van der Waals surface area contributed by atoms with E-state index in [0.717, 1.165) is 31.4 Å². The van der Waals surface area contributed by atoms with Crippen molar-refractivity contribution >= 4 is 29.4 Å². The summed E-state index contributed by atoms with van der Waals surface area (Å²) in [5.41, 5.74) is 0. The Hall–Kier alpha value is -1.30. The van der Waals surface area contributed by atoms with Gasteiger partial charge in [0.05, 0.1) is 6.04 Å². The molecule has 0 aliphatic carbocycles. The SMILES string of the molecule is CCCCCC(=O)C=CC1CCC(=O)N1CCSC(C)CCC(=O)O. The topological polar surface area (TPSA) is 74.7 Å². The maximum absolute atomic E-state index is 12.1. The summed E-state index contributed by atoms with van der Waals surface area (Å²) in [5, 5.41) is 8.97. The third-order valence-electron chi connectivity index (χ3n) is 4.40. The number of hydrogen-bond donors (Lipinski definition) is 1. The molecule has 0 spiro atoms. The van der Waals surface area contributed by atoms with Crippen LogP contribution in [0.3, 0.4) is 0 Å². The lowest BCUT2D eigenvalue weighted by Gasteiger charge is -2.23. The zero-order valence-electron chi connectivity index (χ0n) is 15.4. The number of nitrogens with zero attached hydrogens (tertiary/aromatic N) is 1. The van der Waals surface area contributed by atoms with Crippen molar-refractivity contribution in [1.82, 2.24) is 4.90 Å². The Bertz CT molecular complexity index is 478. The molecule has 1 fully saturated rings. The number of rotatable bonds is 13. The van der Waals surface area contributed by atoms with Crippen LogP contribution in [0.1, 0.15) is 65.2 Å². The molecule has 0 bridgehead atoms. The minimum Gasteiger partial charge on any atom is -0.481 e. The fraction of sp³-hybridized carbons (Fsp3) is 0.737. The molecule has 6 heteroatoms. The predicted molar refractivity (Wildman–Crippen MR) is 102 cm³/mol. The monoisotopic (exact) mass is 369 g/mol. The molecule has 2 atom stereocenters. The van der Waals surface area contributed by atoms with Crippen molar-refractivity contribution in [3.63, 3.8) is 0 Å². The van der Waals surface area contributed by atoms with Crippen molar-refractivity contribution in [2.75, 3.05) is 12.3 Å². The molecule has 25 heavy (non-hydrogen) atoms. The van der Waals surface area contributed by atoms with Crippen LogP contribution in [0.4, 0.5) is 0 Å². The van der Waals surface area contributed by atoms with Gasteiger partial charge in [-0.15, -0.1) is 0 Å². The van der Waals surface area contributed by atoms with Crippen LogP contribution in [0, 0.1) is 0 Å². The molecule has 1 saturated heterocycles. The second-order valence-electron chi connectivity index (χ2n) is 6.59. The van der Waals surface area contributed by atoms with Crippen molar-refractivity contribution in [3.05, 3.63) is 12.2 Å². The van der Waals surface area contributed by atoms with Gasteiger partial charge in [0.25, 0.3) is 0 Å². The Morgan fingerprint density at radius 1 is 1.36 bits per heavy atom. The van der Waals surface area contributed by atoms with E-state index in [-0.39, 0.29) is 29.4 Å². The zero-order valence-corrected chi connectivity index (χ0v) is 16.2. The molecule has 0 radical (unpaired) electrons. The quantitative estimate of drug-likeness (QED) is 0.396. The van der Waals surface area contributed by atoms with Gasteiger partial charge < -0.3 is 10.0 Å². The molecule has 142 valence electrons. The van der Waals surface area contributed by atoms with Gasteiger partial charge in [-0.3, -0.25) is 14.4 Å². The lowest BCUT2D eigenvalue weighted by atomic mass is 10.1. The summed E-state index contributed by atoms with van der Waals surface area (Å²) in [4.78, 5) is 36.3. The molecular weight excluding hydrogens is 338 g/mol. The number of carboxylic acids is 1. The molecule has 1 N–H and O–H groups in total. The first-order chi connectivity index (χ1) is 11.9. The van der Waals surface area contributed by atoms with Crippen LogP contribution in [-0.2, 0) is 14.4 Å². The highest BCUT2D eigenvalue weighted by atomic mass is 32.2. The van der Waals surface area contributed by atoms with E-state index in [1.807, 2.05) is 17.9 Å². The molecule has 1 aliphatic rings. The Balaban J connectivity index is 2.36. The van der Waals surface area contributed by atoms with Crippen LogP contribution in [0.5, 0.6) is 0 Å². The van der Waals surface area contributed by atoms with Crippen molar-refractivity contribution in [3.8, 4) is 0 Å². The Labute approximate surface area is 155 Å². The number of thioether (sulfide) groups is 1. The molecule has 1 heterocycles. The lowest BCUT2D eigenvalue weighted by molar-refractivity contribution is -0.137. The third-order valence-corrected chi connectivity index (χ3v) is 5.63. The number of amides is 1. The largest absolute Gasteiger partial charge is 0.481 e. The molecule has 0 aromatic heterocycles. The zero-order chi connectivity index (χ0) is 18.7. The molecule has 1 amide bonds. The van der Waals surface area contributed by atoms with E-state index < -0.39 is 5.97 Å². The lowest BCUT2D eigenvalue weighted by Crippen LogP contribution is -2.34. The van der Waals surface area contributed by atoms with E-state index in [1.54, 1.807) is 17.8 Å². The second-order valence-corrected chi connectivity index (χ2v) is 8.14. The van der Waals surface area contributed by atoms with Gasteiger partial charge in [0.15, 0.2) is 5.78 Å². The highest BCUT2D eigenvalue weighted by Gasteiger charge is 2.28. The number of likely N-dealkylation sites (tertiary alicyclic amines) is 1. The molecule has 0 aromatic carbocycles. The van der Waals surface area contributed by atoms with Crippen LogP contribution in [0.25, 0.3) is 0 Å². The number of aliphatic carboxylic acids is 1. The number of allylic oxidation sites excluding steroid dienone is 1. The van der Waals surface area contributed by atoms with Crippen molar-refractivity contribution in [2.45, 2.75) is 76.5 Å². The summed E-state index contributed by atoms with van der Waals surface area (Å²) >= 11 is 1.70. The van der Waals surface area contributed by atoms with Gasteiger partial charge in [0, 0.05) is 36.8 Å². The van der Waals surface area contributed by atoms with Crippen molar-refractivity contribution in [1.29, 1.82) is 0 Å². The smallest absolute Gasteiger partial charge is 0.303 e. The number of unbranched alkanes of at least 4 members (excludes halogenated alkanes) is 2. The number of hydrogen-bond acceptors (Lipinski definition) is 4. The summed E-state index contributed by atoms with van der Waals surface area (Å²) in [6.07, 6.45) is 9.36. The van der Waals surface area contributed by atoms with E-state index in [2.05, 4.69) is 6.92 Å². The molecule has 5 nitrogen and oxygen atoms in total. The van der Waals surface area contributed by atoms with Gasteiger partial charge in [0.1, 0.15) is 0 Å². The molecule has 1 aliphatic heterocycles. The van der Waals surface area contributed by atoms with Gasteiger partial charge in [0.2, 0.25) is 5.91 Å². The van der Waals surface area contributed by atoms with Gasteiger partial charge in [-0.1, -0.05) is 32.8 Å². The van der Waals surface area contributed by atoms with Crippen LogP contribution >= 0.6 is 11.8 Å². The van der Waals surface area contributed by atoms with Gasteiger partial charge in [-0.25, -0.2) is 0 Å². The highest BCUT2D eigenvalue weighted by Crippen LogP contribution is 2.22. The van der Waals surface area contributed by atoms with Crippen molar-refractivity contribution < 1.29 is 19.5 Å². The van der Waals surface area contributed by atoms with Crippen molar-refractivity contribution in [2.24, 2.45) is 0 Å². The van der Waals surface area contributed by atoms with Gasteiger partial charge in [-0.05, 0) is 25.3 Å². The minimum atomic E-state index is -0.768. The normalized spacial score (nSPS) is 18.9. The number of carbonyl (C=O) groups excluding carboxylic acids is 2. The fourth-order valence-corrected chi connectivity index (χ4v) is 3.85. The summed E-state index contributed by atoms with van der Waals surface area (Å²) < 4.78 is 0. The molecule has 0 aromatic rings. The Kier molecular flexibility index (Phi) is 10.5. The Morgan fingerprint density at radius 2 is 2.12 bits per heavy atom. The average molecular weight is 370 g/mol.